The van der Waals surface area contributed by atoms with Gasteiger partial charge < -0.3 is 20.3 Å². The van der Waals surface area contributed by atoms with E-state index in [-0.39, 0.29) is 29.2 Å². The van der Waals surface area contributed by atoms with Crippen molar-refractivity contribution in [3.05, 3.63) is 69.4 Å². The minimum Gasteiger partial charge on any atom is -0.508 e. The second-order valence-electron chi connectivity index (χ2n) is 8.58. The molecule has 0 aliphatic carbocycles. The molecule has 9 heteroatoms. The highest BCUT2D eigenvalue weighted by Crippen LogP contribution is 2.36. The molecule has 0 spiro atoms. The number of nitrogen functional groups attached to an aromatic ring is 1. The maximum atomic E-state index is 13.3. The van der Waals surface area contributed by atoms with E-state index in [4.69, 9.17) is 17.3 Å². The Morgan fingerprint density at radius 3 is 2.74 bits per heavy atom. The van der Waals surface area contributed by atoms with Crippen molar-refractivity contribution in [1.29, 1.82) is 0 Å². The number of aromatic hydroxyl groups is 1. The van der Waals surface area contributed by atoms with Gasteiger partial charge in [-0.05, 0) is 56.4 Å². The number of piperidine rings is 1. The van der Waals surface area contributed by atoms with Crippen LogP contribution in [-0.4, -0.2) is 37.0 Å². The van der Waals surface area contributed by atoms with Crippen LogP contribution in [0.15, 0.2) is 47.4 Å². The van der Waals surface area contributed by atoms with E-state index < -0.39 is 0 Å². The number of aromatic nitrogens is 3. The lowest BCUT2D eigenvalue weighted by Crippen LogP contribution is -2.39. The lowest BCUT2D eigenvalue weighted by atomic mass is 9.93. The maximum absolute atomic E-state index is 13.3. The number of carbonyl (C=O) groups is 1. The summed E-state index contributed by atoms with van der Waals surface area (Å²) in [5.41, 5.74) is 8.83. The predicted molar refractivity (Wildman–Crippen MR) is 132 cm³/mol. The Morgan fingerprint density at radius 2 is 2.00 bits per heavy atom. The topological polar surface area (TPSA) is 114 Å². The molecule has 0 saturated carbocycles. The Labute approximate surface area is 203 Å². The minimum atomic E-state index is -0.273. The molecule has 3 heterocycles. The molecule has 1 amide bonds. The van der Waals surface area contributed by atoms with Crippen molar-refractivity contribution in [3.8, 4) is 16.9 Å². The van der Waals surface area contributed by atoms with Gasteiger partial charge in [-0.2, -0.15) is 0 Å². The molecular formula is C25H28ClN5O3. The van der Waals surface area contributed by atoms with Crippen LogP contribution in [0.1, 0.15) is 49.5 Å². The molecule has 8 nitrogen and oxygen atoms in total. The van der Waals surface area contributed by atoms with Crippen LogP contribution in [0.25, 0.3) is 11.1 Å². The summed E-state index contributed by atoms with van der Waals surface area (Å²) in [6, 6.07) is 9.98. The minimum absolute atomic E-state index is 0.0217. The molecule has 3 aromatic rings. The number of hydrogen-bond donors (Lipinski definition) is 2. The number of nitrogens with two attached hydrogens (primary N) is 1. The Kier molecular flexibility index (Phi) is 7.17. The van der Waals surface area contributed by atoms with Crippen LogP contribution in [0.4, 0.5) is 5.95 Å². The zero-order valence-corrected chi connectivity index (χ0v) is 19.8. The van der Waals surface area contributed by atoms with Gasteiger partial charge in [-0.3, -0.25) is 9.59 Å². The number of benzene rings is 1. The Balaban J connectivity index is 1.54. The van der Waals surface area contributed by atoms with Gasteiger partial charge in [0.15, 0.2) is 0 Å². The van der Waals surface area contributed by atoms with Crippen LogP contribution in [0.5, 0.6) is 5.75 Å². The number of hydrogen-bond acceptors (Lipinski definition) is 6. The molecule has 1 saturated heterocycles. The van der Waals surface area contributed by atoms with E-state index in [1.165, 1.54) is 6.07 Å². The summed E-state index contributed by atoms with van der Waals surface area (Å²) in [6.07, 6.45) is 5.23. The van der Waals surface area contributed by atoms with Crippen molar-refractivity contribution in [1.82, 2.24) is 19.4 Å². The van der Waals surface area contributed by atoms with Crippen molar-refractivity contribution >= 4 is 23.5 Å². The molecular weight excluding hydrogens is 454 g/mol. The fraction of sp³-hybridized carbons (Fsp3) is 0.360. The highest BCUT2D eigenvalue weighted by molar-refractivity contribution is 6.30. The lowest BCUT2D eigenvalue weighted by Gasteiger charge is -2.36. The van der Waals surface area contributed by atoms with Crippen molar-refractivity contribution in [3.63, 3.8) is 0 Å². The summed E-state index contributed by atoms with van der Waals surface area (Å²) in [5.74, 6) is 0.146. The quantitative estimate of drug-likeness (QED) is 0.548. The van der Waals surface area contributed by atoms with Crippen LogP contribution in [0.2, 0.25) is 5.02 Å². The first-order valence-corrected chi connectivity index (χ1v) is 11.8. The summed E-state index contributed by atoms with van der Waals surface area (Å²) in [5, 5.41) is 10.2. The van der Waals surface area contributed by atoms with Crippen LogP contribution in [0, 0.1) is 6.92 Å². The molecule has 1 aliphatic rings. The van der Waals surface area contributed by atoms with Gasteiger partial charge in [0.05, 0.1) is 11.7 Å². The molecule has 1 aliphatic heterocycles. The highest BCUT2D eigenvalue weighted by Gasteiger charge is 2.31. The van der Waals surface area contributed by atoms with E-state index in [1.807, 2.05) is 29.2 Å². The van der Waals surface area contributed by atoms with Crippen molar-refractivity contribution < 1.29 is 9.90 Å². The predicted octanol–water partition coefficient (Wildman–Crippen LogP) is 4.09. The first-order chi connectivity index (χ1) is 16.3. The molecule has 4 rings (SSSR count). The summed E-state index contributed by atoms with van der Waals surface area (Å²) < 4.78 is 1.57. The third-order valence-corrected chi connectivity index (χ3v) is 6.48. The third-order valence-electron chi connectivity index (χ3n) is 6.22. The van der Waals surface area contributed by atoms with E-state index in [0.29, 0.717) is 36.6 Å². The lowest BCUT2D eigenvalue weighted by molar-refractivity contribution is -0.135. The van der Waals surface area contributed by atoms with E-state index in [2.05, 4.69) is 9.97 Å². The Morgan fingerprint density at radius 1 is 1.24 bits per heavy atom. The first-order valence-electron chi connectivity index (χ1n) is 11.4. The zero-order valence-electron chi connectivity index (χ0n) is 19.1. The van der Waals surface area contributed by atoms with E-state index in [0.717, 1.165) is 36.1 Å². The zero-order chi connectivity index (χ0) is 24.2. The van der Waals surface area contributed by atoms with Gasteiger partial charge in [0.1, 0.15) is 5.75 Å². The molecule has 1 atom stereocenters. The molecule has 2 aromatic heterocycles. The van der Waals surface area contributed by atoms with Crippen molar-refractivity contribution in [2.24, 2.45) is 0 Å². The number of aryl methyl sites for hydroxylation is 1. The third kappa shape index (κ3) is 5.22. The molecule has 3 N–H and O–H groups in total. The smallest absolute Gasteiger partial charge is 0.254 e. The Bertz CT molecular complexity index is 1240. The number of nitrogens with zero attached hydrogens (tertiary/aromatic N) is 4. The van der Waals surface area contributed by atoms with Crippen LogP contribution in [-0.2, 0) is 11.3 Å². The number of pyridine rings is 1. The summed E-state index contributed by atoms with van der Waals surface area (Å²) in [4.78, 5) is 36.1. The second-order valence-corrected chi connectivity index (χ2v) is 9.02. The van der Waals surface area contributed by atoms with Crippen LogP contribution < -0.4 is 11.3 Å². The van der Waals surface area contributed by atoms with Gasteiger partial charge in [-0.1, -0.05) is 23.7 Å². The molecule has 1 fully saturated rings. The van der Waals surface area contributed by atoms with E-state index in [9.17, 15) is 14.7 Å². The monoisotopic (exact) mass is 481 g/mol. The maximum Gasteiger partial charge on any atom is 0.254 e. The standard InChI is InChI=1S/C25H28ClN5O3/c1-16-13-19(32)14-23(34)30(16)12-4-6-22(33)31-11-3-2-5-21(31)24-20(15-28-25(27)29-24)17-7-9-18(26)10-8-17/h7-10,13-15,21,32H,2-6,11-12H2,1H3,(H2,27,28,29)/t21-/m0/s1. The summed E-state index contributed by atoms with van der Waals surface area (Å²) >= 11 is 6.06. The number of rotatable bonds is 6. The number of likely N-dealkylation sites (tertiary alicyclic amines) is 1. The number of halogens is 1. The first kappa shape index (κ1) is 23.8. The van der Waals surface area contributed by atoms with Gasteiger partial charge in [0.25, 0.3) is 5.56 Å². The average Bonchev–Trinajstić information content (AvgIpc) is 2.81. The van der Waals surface area contributed by atoms with Gasteiger partial charge in [0, 0.05) is 48.1 Å². The molecule has 0 bridgehead atoms. The average molecular weight is 482 g/mol. The highest BCUT2D eigenvalue weighted by atomic mass is 35.5. The van der Waals surface area contributed by atoms with Gasteiger partial charge >= 0.3 is 0 Å². The Hall–Kier alpha value is -3.39. The van der Waals surface area contributed by atoms with Gasteiger partial charge in [-0.15, -0.1) is 0 Å². The SMILES string of the molecule is Cc1cc(O)cc(=O)n1CCCC(=O)N1CCCC[C@H]1c1nc(N)ncc1-c1ccc(Cl)cc1. The second kappa shape index (κ2) is 10.3. The van der Waals surface area contributed by atoms with Crippen LogP contribution in [0.3, 0.4) is 0 Å². The number of carbonyl (C=O) groups excluding carboxylic acids is 1. The van der Waals surface area contributed by atoms with Gasteiger partial charge in [0.2, 0.25) is 11.9 Å². The van der Waals surface area contributed by atoms with Crippen LogP contribution >= 0.6 is 11.6 Å². The van der Waals surface area contributed by atoms with Crippen molar-refractivity contribution in [2.45, 2.75) is 51.6 Å². The van der Waals surface area contributed by atoms with Crippen molar-refractivity contribution in [2.75, 3.05) is 12.3 Å². The largest absolute Gasteiger partial charge is 0.508 e. The molecule has 178 valence electrons. The van der Waals surface area contributed by atoms with Gasteiger partial charge in [-0.25, -0.2) is 9.97 Å². The number of anilines is 1. The normalized spacial score (nSPS) is 15.9. The fourth-order valence-electron chi connectivity index (χ4n) is 4.56. The van der Waals surface area contributed by atoms with E-state index >= 15 is 0 Å². The molecule has 1 aromatic carbocycles. The fourth-order valence-corrected chi connectivity index (χ4v) is 4.69. The summed E-state index contributed by atoms with van der Waals surface area (Å²) in [7, 11) is 0. The molecule has 0 radical (unpaired) electrons. The molecule has 34 heavy (non-hydrogen) atoms. The summed E-state index contributed by atoms with van der Waals surface area (Å²) in [6.45, 7) is 2.82. The molecule has 0 unspecified atom stereocenters. The van der Waals surface area contributed by atoms with E-state index in [1.54, 1.807) is 23.8 Å². The number of amides is 1.